The number of hydrogen-bond donors (Lipinski definition) is 0. The minimum absolute atomic E-state index is 0.295. The van der Waals surface area contributed by atoms with Crippen molar-refractivity contribution >= 4 is 10.8 Å². The van der Waals surface area contributed by atoms with Crippen LogP contribution >= 0.6 is 0 Å². The summed E-state index contributed by atoms with van der Waals surface area (Å²) in [6.07, 6.45) is 1.25. The highest BCUT2D eigenvalue weighted by molar-refractivity contribution is 5.84. The van der Waals surface area contributed by atoms with Crippen molar-refractivity contribution in [2.75, 3.05) is 26.9 Å². The van der Waals surface area contributed by atoms with E-state index in [0.717, 1.165) is 29.5 Å². The van der Waals surface area contributed by atoms with Crippen molar-refractivity contribution in [2.24, 2.45) is 5.92 Å². The van der Waals surface area contributed by atoms with Crippen molar-refractivity contribution in [3.63, 3.8) is 0 Å². The SMILES string of the molecule is COCCC1COC(c2ccc3c(F)c(CCc4ccc(F)c(F)c4)ccc3c2)OC1. The molecule has 6 heteroatoms. The van der Waals surface area contributed by atoms with E-state index in [1.165, 1.54) is 6.07 Å². The number of hydrogen-bond acceptors (Lipinski definition) is 3. The zero-order chi connectivity index (χ0) is 21.8. The molecule has 0 bridgehead atoms. The summed E-state index contributed by atoms with van der Waals surface area (Å²) >= 11 is 0. The molecule has 3 aromatic carbocycles. The van der Waals surface area contributed by atoms with Crippen LogP contribution in [-0.4, -0.2) is 26.9 Å². The number of ether oxygens (including phenoxy) is 3. The van der Waals surface area contributed by atoms with Crippen molar-refractivity contribution < 1.29 is 27.4 Å². The maximum absolute atomic E-state index is 15.1. The van der Waals surface area contributed by atoms with Gasteiger partial charge in [-0.15, -0.1) is 0 Å². The lowest BCUT2D eigenvalue weighted by atomic mass is 9.98. The molecule has 3 aromatic rings. The largest absolute Gasteiger partial charge is 0.385 e. The molecule has 1 saturated heterocycles. The second-order valence-corrected chi connectivity index (χ2v) is 7.91. The Balaban J connectivity index is 1.45. The number of methoxy groups -OCH3 is 1. The van der Waals surface area contributed by atoms with Crippen molar-refractivity contribution in [1.82, 2.24) is 0 Å². The van der Waals surface area contributed by atoms with Gasteiger partial charge in [0.15, 0.2) is 17.9 Å². The van der Waals surface area contributed by atoms with Gasteiger partial charge in [-0.25, -0.2) is 13.2 Å². The first-order valence-corrected chi connectivity index (χ1v) is 10.4. The molecular formula is C25H25F3O3. The predicted octanol–water partition coefficient (Wildman–Crippen LogP) is 5.74. The lowest BCUT2D eigenvalue weighted by molar-refractivity contribution is -0.207. The van der Waals surface area contributed by atoms with Gasteiger partial charge < -0.3 is 14.2 Å². The van der Waals surface area contributed by atoms with E-state index in [-0.39, 0.29) is 5.82 Å². The molecule has 1 fully saturated rings. The van der Waals surface area contributed by atoms with Gasteiger partial charge in [-0.1, -0.05) is 30.3 Å². The molecule has 0 N–H and O–H groups in total. The summed E-state index contributed by atoms with van der Waals surface area (Å²) in [5.74, 6) is -1.75. The molecule has 0 aliphatic carbocycles. The van der Waals surface area contributed by atoms with E-state index in [1.807, 2.05) is 18.2 Å². The van der Waals surface area contributed by atoms with E-state index in [1.54, 1.807) is 19.2 Å². The number of halogens is 3. The maximum Gasteiger partial charge on any atom is 0.183 e. The number of fused-ring (bicyclic) bond motifs is 1. The van der Waals surface area contributed by atoms with Gasteiger partial charge in [-0.05, 0) is 54.0 Å². The van der Waals surface area contributed by atoms with E-state index >= 15 is 4.39 Å². The second-order valence-electron chi connectivity index (χ2n) is 7.91. The lowest BCUT2D eigenvalue weighted by Crippen LogP contribution is -2.27. The average Bonchev–Trinajstić information content (AvgIpc) is 2.79. The monoisotopic (exact) mass is 430 g/mol. The van der Waals surface area contributed by atoms with Crippen LogP contribution in [0.1, 0.15) is 29.4 Å². The molecule has 0 radical (unpaired) electrons. The molecule has 0 spiro atoms. The van der Waals surface area contributed by atoms with Crippen LogP contribution < -0.4 is 0 Å². The second kappa shape index (κ2) is 9.81. The minimum Gasteiger partial charge on any atom is -0.385 e. The summed E-state index contributed by atoms with van der Waals surface area (Å²) in [4.78, 5) is 0. The fourth-order valence-corrected chi connectivity index (χ4v) is 3.86. The van der Waals surface area contributed by atoms with Gasteiger partial charge in [0.25, 0.3) is 0 Å². The molecule has 0 aromatic heterocycles. The molecule has 0 atom stereocenters. The quantitative estimate of drug-likeness (QED) is 0.478. The molecular weight excluding hydrogens is 405 g/mol. The van der Waals surface area contributed by atoms with Crippen LogP contribution in [0.2, 0.25) is 0 Å². The van der Waals surface area contributed by atoms with Crippen LogP contribution in [0, 0.1) is 23.4 Å². The smallest absolute Gasteiger partial charge is 0.183 e. The fourth-order valence-electron chi connectivity index (χ4n) is 3.86. The van der Waals surface area contributed by atoms with Gasteiger partial charge >= 0.3 is 0 Å². The van der Waals surface area contributed by atoms with Crippen LogP contribution in [-0.2, 0) is 27.1 Å². The van der Waals surface area contributed by atoms with Gasteiger partial charge in [0.05, 0.1) is 13.2 Å². The van der Waals surface area contributed by atoms with Crippen molar-refractivity contribution in [1.29, 1.82) is 0 Å². The zero-order valence-electron chi connectivity index (χ0n) is 17.4. The normalized spacial score (nSPS) is 19.1. The Bertz CT molecular complexity index is 1050. The van der Waals surface area contributed by atoms with Gasteiger partial charge in [0.2, 0.25) is 0 Å². The average molecular weight is 430 g/mol. The molecule has 1 heterocycles. The molecule has 31 heavy (non-hydrogen) atoms. The summed E-state index contributed by atoms with van der Waals surface area (Å²) in [6, 6.07) is 12.8. The van der Waals surface area contributed by atoms with Crippen LogP contribution in [0.25, 0.3) is 10.8 Å². The van der Waals surface area contributed by atoms with E-state index in [9.17, 15) is 8.78 Å². The molecule has 1 aliphatic heterocycles. The third kappa shape index (κ3) is 5.09. The molecule has 164 valence electrons. The molecule has 0 amide bonds. The zero-order valence-corrected chi connectivity index (χ0v) is 17.4. The summed E-state index contributed by atoms with van der Waals surface area (Å²) in [5.41, 5.74) is 2.02. The van der Waals surface area contributed by atoms with Crippen LogP contribution in [0.3, 0.4) is 0 Å². The molecule has 0 saturated carbocycles. The Hall–Kier alpha value is -2.41. The summed E-state index contributed by atoms with van der Waals surface area (Å²) in [6.45, 7) is 1.88. The Morgan fingerprint density at radius 3 is 2.45 bits per heavy atom. The summed E-state index contributed by atoms with van der Waals surface area (Å²) in [7, 11) is 1.68. The topological polar surface area (TPSA) is 27.7 Å². The highest BCUT2D eigenvalue weighted by Crippen LogP contribution is 2.30. The highest BCUT2D eigenvalue weighted by Gasteiger charge is 2.24. The predicted molar refractivity (Wildman–Crippen MR) is 112 cm³/mol. The van der Waals surface area contributed by atoms with Crippen LogP contribution in [0.5, 0.6) is 0 Å². The summed E-state index contributed by atoms with van der Waals surface area (Å²) in [5, 5.41) is 1.28. The van der Waals surface area contributed by atoms with Crippen LogP contribution in [0.15, 0.2) is 48.5 Å². The maximum atomic E-state index is 15.1. The Morgan fingerprint density at radius 2 is 1.71 bits per heavy atom. The molecule has 4 rings (SSSR count). The van der Waals surface area contributed by atoms with Gasteiger partial charge in [0.1, 0.15) is 5.82 Å². The standard InChI is InChI=1S/C25H25F3O3/c1-29-11-10-17-14-30-25(31-15-17)20-7-8-21-19(13-20)6-5-18(24(21)28)4-2-16-3-9-22(26)23(27)12-16/h3,5-9,12-13,17,25H,2,4,10-11,14-15H2,1H3. The molecule has 1 aliphatic rings. The Kier molecular flexibility index (Phi) is 6.90. The first-order valence-electron chi connectivity index (χ1n) is 10.4. The first-order chi connectivity index (χ1) is 15.0. The van der Waals surface area contributed by atoms with Crippen molar-refractivity contribution in [2.45, 2.75) is 25.6 Å². The van der Waals surface area contributed by atoms with E-state index < -0.39 is 17.9 Å². The highest BCUT2D eigenvalue weighted by atomic mass is 19.2. The van der Waals surface area contributed by atoms with Gasteiger partial charge in [0, 0.05) is 30.6 Å². The molecule has 3 nitrogen and oxygen atoms in total. The third-order valence-corrected chi connectivity index (χ3v) is 5.69. The van der Waals surface area contributed by atoms with E-state index in [2.05, 4.69) is 0 Å². The van der Waals surface area contributed by atoms with Crippen molar-refractivity contribution in [3.05, 3.63) is 82.7 Å². The van der Waals surface area contributed by atoms with Crippen LogP contribution in [0.4, 0.5) is 13.2 Å². The Labute approximate surface area is 179 Å². The number of benzene rings is 3. The summed E-state index contributed by atoms with van der Waals surface area (Å²) < 4.78 is 58.3. The molecule has 0 unspecified atom stereocenters. The van der Waals surface area contributed by atoms with E-state index in [4.69, 9.17) is 14.2 Å². The fraction of sp³-hybridized carbons (Fsp3) is 0.360. The van der Waals surface area contributed by atoms with Gasteiger partial charge in [-0.2, -0.15) is 0 Å². The first kappa shape index (κ1) is 21.8. The van der Waals surface area contributed by atoms with E-state index in [0.29, 0.717) is 55.1 Å². The van der Waals surface area contributed by atoms with Gasteiger partial charge in [-0.3, -0.25) is 0 Å². The lowest BCUT2D eigenvalue weighted by Gasteiger charge is -2.29. The number of rotatable bonds is 7. The van der Waals surface area contributed by atoms with Crippen molar-refractivity contribution in [3.8, 4) is 0 Å². The minimum atomic E-state index is -0.888. The third-order valence-electron chi connectivity index (χ3n) is 5.69. The number of aryl methyl sites for hydroxylation is 2. The Morgan fingerprint density at radius 1 is 0.903 bits per heavy atom.